The maximum atomic E-state index is 13.0. The Balaban J connectivity index is 1.56. The predicted octanol–water partition coefficient (Wildman–Crippen LogP) is 3.83. The highest BCUT2D eigenvalue weighted by Crippen LogP contribution is 2.36. The first-order chi connectivity index (χ1) is 15.5. The molecule has 0 aliphatic heterocycles. The van der Waals surface area contributed by atoms with Crippen molar-refractivity contribution in [3.8, 4) is 5.69 Å². The Morgan fingerprint density at radius 3 is 2.55 bits per heavy atom. The van der Waals surface area contributed by atoms with Crippen LogP contribution < -0.4 is 5.32 Å². The Labute approximate surface area is 196 Å². The fourth-order valence-electron chi connectivity index (χ4n) is 2.68. The summed E-state index contributed by atoms with van der Waals surface area (Å²) in [5.41, 5.74) is 0.664. The molecule has 0 aliphatic rings. The van der Waals surface area contributed by atoms with Crippen molar-refractivity contribution in [3.05, 3.63) is 58.6 Å². The molecule has 2 aromatic carbocycles. The van der Waals surface area contributed by atoms with E-state index >= 15 is 0 Å². The summed E-state index contributed by atoms with van der Waals surface area (Å²) in [6.07, 6.45) is -4.66. The second-order valence-corrected chi connectivity index (χ2v) is 8.34. The summed E-state index contributed by atoms with van der Waals surface area (Å²) < 4.78 is 40.4. The summed E-state index contributed by atoms with van der Waals surface area (Å²) in [4.78, 5) is 25.8. The number of hydrogen-bond acceptors (Lipinski definition) is 6. The average Bonchev–Trinajstić information content (AvgIpc) is 3.21. The van der Waals surface area contributed by atoms with Crippen molar-refractivity contribution in [1.82, 2.24) is 25.1 Å². The van der Waals surface area contributed by atoms with Crippen LogP contribution in [0.4, 0.5) is 18.9 Å². The van der Waals surface area contributed by atoms with Gasteiger partial charge < -0.3 is 10.2 Å². The Morgan fingerprint density at radius 1 is 1.18 bits per heavy atom. The van der Waals surface area contributed by atoms with E-state index in [4.69, 9.17) is 11.6 Å². The van der Waals surface area contributed by atoms with Crippen molar-refractivity contribution in [2.45, 2.75) is 18.3 Å². The number of aryl methyl sites for hydroxylation is 1. The largest absolute Gasteiger partial charge is 0.417 e. The monoisotopic (exact) mass is 498 g/mol. The van der Waals surface area contributed by atoms with Gasteiger partial charge in [-0.25, -0.2) is 0 Å². The zero-order valence-electron chi connectivity index (χ0n) is 17.4. The summed E-state index contributed by atoms with van der Waals surface area (Å²) in [6, 6.07) is 10.5. The molecular formula is C20H18ClF3N6O2S. The van der Waals surface area contributed by atoms with E-state index < -0.39 is 22.7 Å². The highest BCUT2D eigenvalue weighted by molar-refractivity contribution is 7.99. The highest BCUT2D eigenvalue weighted by atomic mass is 35.5. The molecule has 1 N–H and O–H groups in total. The third-order valence-corrected chi connectivity index (χ3v) is 5.64. The number of anilines is 1. The van der Waals surface area contributed by atoms with Crippen molar-refractivity contribution in [1.29, 1.82) is 0 Å². The van der Waals surface area contributed by atoms with Crippen molar-refractivity contribution in [3.63, 3.8) is 0 Å². The molecule has 174 valence electrons. The fourth-order valence-corrected chi connectivity index (χ4v) is 3.73. The molecule has 0 saturated carbocycles. The van der Waals surface area contributed by atoms with Crippen LogP contribution in [0.1, 0.15) is 11.1 Å². The molecule has 3 aromatic rings. The lowest BCUT2D eigenvalue weighted by Gasteiger charge is -2.17. The van der Waals surface area contributed by atoms with E-state index in [1.165, 1.54) is 17.8 Å². The van der Waals surface area contributed by atoms with E-state index in [1.54, 1.807) is 0 Å². The SMILES string of the molecule is Cc1ccc(-n2nnnc2SCC(=O)N(C)CC(=O)Nc2ccc(Cl)c(C(F)(F)F)c2)cc1. The van der Waals surface area contributed by atoms with Gasteiger partial charge in [-0.3, -0.25) is 9.59 Å². The molecule has 1 aromatic heterocycles. The van der Waals surface area contributed by atoms with E-state index in [0.29, 0.717) is 5.16 Å². The molecule has 0 spiro atoms. The number of amides is 2. The van der Waals surface area contributed by atoms with Gasteiger partial charge in [-0.05, 0) is 47.7 Å². The Morgan fingerprint density at radius 2 is 1.88 bits per heavy atom. The number of thioether (sulfide) groups is 1. The Hall–Kier alpha value is -3.12. The minimum absolute atomic E-state index is 0.0464. The van der Waals surface area contributed by atoms with Crippen LogP contribution >= 0.6 is 23.4 Å². The standard InChI is InChI=1S/C20H18ClF3N6O2S/c1-12-3-6-14(7-4-12)30-19(26-27-28-30)33-11-18(32)29(2)10-17(31)25-13-5-8-16(21)15(9-13)20(22,23)24/h3-9H,10-11H2,1-2H3,(H,25,31). The molecule has 2 amide bonds. The van der Waals surface area contributed by atoms with Crippen LogP contribution in [0.25, 0.3) is 5.69 Å². The van der Waals surface area contributed by atoms with Gasteiger partial charge >= 0.3 is 6.18 Å². The smallest absolute Gasteiger partial charge is 0.336 e. The van der Waals surface area contributed by atoms with Gasteiger partial charge in [0, 0.05) is 12.7 Å². The van der Waals surface area contributed by atoms with Crippen LogP contribution in [0.5, 0.6) is 0 Å². The molecule has 0 fully saturated rings. The maximum Gasteiger partial charge on any atom is 0.417 e. The number of aromatic nitrogens is 4. The third-order valence-electron chi connectivity index (χ3n) is 4.41. The zero-order valence-corrected chi connectivity index (χ0v) is 19.0. The number of tetrazole rings is 1. The molecule has 8 nitrogen and oxygen atoms in total. The number of nitrogens with one attached hydrogen (secondary N) is 1. The Kier molecular flexibility index (Phi) is 7.59. The van der Waals surface area contributed by atoms with Crippen LogP contribution in [0.15, 0.2) is 47.6 Å². The molecule has 0 saturated heterocycles. The molecule has 33 heavy (non-hydrogen) atoms. The second-order valence-electron chi connectivity index (χ2n) is 6.99. The van der Waals surface area contributed by atoms with Gasteiger partial charge in [0.05, 0.1) is 28.6 Å². The van der Waals surface area contributed by atoms with Crippen LogP contribution in [0.2, 0.25) is 5.02 Å². The van der Waals surface area contributed by atoms with E-state index in [2.05, 4.69) is 20.8 Å². The zero-order chi connectivity index (χ0) is 24.2. The molecular weight excluding hydrogens is 481 g/mol. The van der Waals surface area contributed by atoms with Gasteiger partial charge in [0.1, 0.15) is 0 Å². The van der Waals surface area contributed by atoms with Crippen LogP contribution in [-0.4, -0.2) is 56.3 Å². The minimum atomic E-state index is -4.66. The molecule has 0 aliphatic carbocycles. The van der Waals surface area contributed by atoms with Gasteiger partial charge in [-0.1, -0.05) is 41.1 Å². The highest BCUT2D eigenvalue weighted by Gasteiger charge is 2.33. The first-order valence-electron chi connectivity index (χ1n) is 9.43. The number of likely N-dealkylation sites (N-methyl/N-ethyl adjacent to an activating group) is 1. The van der Waals surface area contributed by atoms with Crippen molar-refractivity contribution in [2.24, 2.45) is 0 Å². The number of halogens is 4. The van der Waals surface area contributed by atoms with E-state index in [9.17, 15) is 22.8 Å². The van der Waals surface area contributed by atoms with Gasteiger partial charge in [0.2, 0.25) is 17.0 Å². The van der Waals surface area contributed by atoms with Crippen LogP contribution in [0, 0.1) is 6.92 Å². The summed E-state index contributed by atoms with van der Waals surface area (Å²) in [6.45, 7) is 1.60. The normalized spacial score (nSPS) is 11.3. The van der Waals surface area contributed by atoms with E-state index in [1.807, 2.05) is 31.2 Å². The van der Waals surface area contributed by atoms with Gasteiger partial charge in [-0.2, -0.15) is 17.9 Å². The molecule has 13 heteroatoms. The van der Waals surface area contributed by atoms with Crippen molar-refractivity contribution in [2.75, 3.05) is 24.7 Å². The summed E-state index contributed by atoms with van der Waals surface area (Å²) >= 11 is 6.66. The lowest BCUT2D eigenvalue weighted by molar-refractivity contribution is -0.137. The number of nitrogens with zero attached hydrogens (tertiary/aromatic N) is 5. The van der Waals surface area contributed by atoms with Crippen LogP contribution in [0.3, 0.4) is 0 Å². The maximum absolute atomic E-state index is 13.0. The Bertz CT molecular complexity index is 1150. The minimum Gasteiger partial charge on any atom is -0.336 e. The topological polar surface area (TPSA) is 93.0 Å². The summed E-state index contributed by atoms with van der Waals surface area (Å²) in [5.74, 6) is -1.09. The number of rotatable bonds is 7. The summed E-state index contributed by atoms with van der Waals surface area (Å²) in [7, 11) is 1.41. The summed E-state index contributed by atoms with van der Waals surface area (Å²) in [5, 5.41) is 13.7. The first kappa shape index (κ1) is 24.5. The van der Waals surface area contributed by atoms with E-state index in [0.717, 1.165) is 40.0 Å². The number of benzene rings is 2. The molecule has 0 radical (unpaired) electrons. The number of hydrogen-bond donors (Lipinski definition) is 1. The molecule has 0 bridgehead atoms. The number of carbonyl (C=O) groups is 2. The molecule has 0 atom stereocenters. The number of alkyl halides is 3. The van der Waals surface area contributed by atoms with Crippen molar-refractivity contribution >= 4 is 40.9 Å². The number of carbonyl (C=O) groups excluding carboxylic acids is 2. The lowest BCUT2D eigenvalue weighted by atomic mass is 10.2. The van der Waals surface area contributed by atoms with Gasteiger partial charge in [0.15, 0.2) is 0 Å². The molecule has 0 unspecified atom stereocenters. The third kappa shape index (κ3) is 6.45. The van der Waals surface area contributed by atoms with Crippen molar-refractivity contribution < 1.29 is 22.8 Å². The van der Waals surface area contributed by atoms with Crippen LogP contribution in [-0.2, 0) is 15.8 Å². The molecule has 3 rings (SSSR count). The van der Waals surface area contributed by atoms with Gasteiger partial charge in [-0.15, -0.1) is 5.10 Å². The lowest BCUT2D eigenvalue weighted by Crippen LogP contribution is -2.36. The fraction of sp³-hybridized carbons (Fsp3) is 0.250. The predicted molar refractivity (Wildman–Crippen MR) is 117 cm³/mol. The first-order valence-corrected chi connectivity index (χ1v) is 10.8. The second kappa shape index (κ2) is 10.2. The van der Waals surface area contributed by atoms with E-state index in [-0.39, 0.29) is 23.9 Å². The molecule has 1 heterocycles. The average molecular weight is 499 g/mol. The van der Waals surface area contributed by atoms with Gasteiger partial charge in [0.25, 0.3) is 0 Å². The quantitative estimate of drug-likeness (QED) is 0.498.